The van der Waals surface area contributed by atoms with E-state index in [1.165, 1.54) is 7.11 Å². The number of methoxy groups -OCH3 is 1. The van der Waals surface area contributed by atoms with Crippen LogP contribution in [-0.4, -0.2) is 7.11 Å². The highest BCUT2D eigenvalue weighted by Crippen LogP contribution is 2.23. The van der Waals surface area contributed by atoms with Gasteiger partial charge >= 0.3 is 0 Å². The van der Waals surface area contributed by atoms with Crippen molar-refractivity contribution in [3.63, 3.8) is 0 Å². The van der Waals surface area contributed by atoms with Gasteiger partial charge in [-0.2, -0.15) is 0 Å². The smallest absolute Gasteiger partial charge is 0.190 e. The predicted molar refractivity (Wildman–Crippen MR) is 44.6 cm³/mol. The maximum Gasteiger partial charge on any atom is 0.190 e. The van der Waals surface area contributed by atoms with Crippen molar-refractivity contribution in [2.24, 2.45) is 0 Å². The number of rotatable bonds is 1. The maximum atomic E-state index is 12.7. The molecule has 12 heavy (non-hydrogen) atoms. The van der Waals surface area contributed by atoms with E-state index in [9.17, 15) is 8.78 Å². The lowest BCUT2D eigenvalue weighted by atomic mass is 10.3. The van der Waals surface area contributed by atoms with Crippen LogP contribution in [0.3, 0.4) is 0 Å². The Balaban J connectivity index is 0.00000121. The first-order valence-electron chi connectivity index (χ1n) is 2.93. The monoisotopic (exact) mass is 195 g/mol. The van der Waals surface area contributed by atoms with Gasteiger partial charge in [-0.1, -0.05) is 0 Å². The quantitative estimate of drug-likeness (QED) is 0.696. The molecule has 0 aromatic heterocycles. The van der Waals surface area contributed by atoms with Gasteiger partial charge < -0.3 is 10.5 Å². The van der Waals surface area contributed by atoms with Gasteiger partial charge in [0.15, 0.2) is 17.4 Å². The number of hydrogen-bond acceptors (Lipinski definition) is 2. The van der Waals surface area contributed by atoms with E-state index >= 15 is 0 Å². The molecule has 2 nitrogen and oxygen atoms in total. The average Bonchev–Trinajstić information content (AvgIpc) is 1.85. The molecule has 1 aromatic rings. The lowest BCUT2D eigenvalue weighted by Gasteiger charge is -2.03. The summed E-state index contributed by atoms with van der Waals surface area (Å²) in [6, 6.07) is 2.00. The second-order valence-corrected chi connectivity index (χ2v) is 2.02. The van der Waals surface area contributed by atoms with Gasteiger partial charge in [0.1, 0.15) is 0 Å². The largest absolute Gasteiger partial charge is 0.491 e. The van der Waals surface area contributed by atoms with E-state index in [4.69, 9.17) is 5.73 Å². The molecule has 1 rings (SSSR count). The molecule has 2 N–H and O–H groups in total. The van der Waals surface area contributed by atoms with Crippen LogP contribution in [-0.2, 0) is 0 Å². The molecule has 1 aromatic carbocycles. The minimum Gasteiger partial charge on any atom is -0.491 e. The highest BCUT2D eigenvalue weighted by Gasteiger charge is 2.09. The molecule has 0 radical (unpaired) electrons. The molecule has 0 bridgehead atoms. The third kappa shape index (κ3) is 1.98. The van der Waals surface area contributed by atoms with Crippen LogP contribution in [0.5, 0.6) is 5.75 Å². The molecule has 0 aliphatic rings. The Hall–Kier alpha value is -1.03. The zero-order valence-electron chi connectivity index (χ0n) is 6.30. The first-order chi connectivity index (χ1) is 5.15. The van der Waals surface area contributed by atoms with Crippen molar-refractivity contribution in [2.75, 3.05) is 12.8 Å². The Morgan fingerprint density at radius 3 is 2.00 bits per heavy atom. The molecule has 0 aliphatic heterocycles. The molecule has 5 heteroatoms. The van der Waals surface area contributed by atoms with Crippen molar-refractivity contribution < 1.29 is 13.5 Å². The van der Waals surface area contributed by atoms with Crippen LogP contribution in [0.1, 0.15) is 0 Å². The minimum absolute atomic E-state index is 0. The Morgan fingerprint density at radius 2 is 1.67 bits per heavy atom. The summed E-state index contributed by atoms with van der Waals surface area (Å²) in [5.74, 6) is -1.98. The summed E-state index contributed by atoms with van der Waals surface area (Å²) in [4.78, 5) is 0. The molecular formula is C7H8ClF2NO. The van der Waals surface area contributed by atoms with Crippen LogP contribution < -0.4 is 10.5 Å². The fraction of sp³-hybridized carbons (Fsp3) is 0.143. The SMILES string of the molecule is COc1c(F)cc(N)cc1F.Cl. The standard InChI is InChI=1S/C7H7F2NO.ClH/c1-11-7-5(8)2-4(10)3-6(7)9;/h2-3H,10H2,1H3;1H. The lowest BCUT2D eigenvalue weighted by molar-refractivity contribution is 0.360. The summed E-state index contributed by atoms with van der Waals surface area (Å²) in [6.07, 6.45) is 0. The number of ether oxygens (including phenoxy) is 1. The highest BCUT2D eigenvalue weighted by atomic mass is 35.5. The number of hydrogen-bond donors (Lipinski definition) is 1. The molecule has 0 spiro atoms. The van der Waals surface area contributed by atoms with Crippen molar-refractivity contribution >= 4 is 18.1 Å². The first kappa shape index (κ1) is 11.0. The van der Waals surface area contributed by atoms with Gasteiger partial charge in [-0.25, -0.2) is 8.78 Å². The van der Waals surface area contributed by atoms with Crippen LogP contribution in [0.15, 0.2) is 12.1 Å². The predicted octanol–water partition coefficient (Wildman–Crippen LogP) is 1.98. The molecule has 0 aliphatic carbocycles. The van der Waals surface area contributed by atoms with E-state index in [0.717, 1.165) is 12.1 Å². The molecule has 0 saturated carbocycles. The molecule has 0 atom stereocenters. The zero-order valence-corrected chi connectivity index (χ0v) is 7.12. The second-order valence-electron chi connectivity index (χ2n) is 2.02. The second kappa shape index (κ2) is 4.11. The third-order valence-corrected chi connectivity index (χ3v) is 1.22. The number of nitrogen functional groups attached to an aromatic ring is 1. The van der Waals surface area contributed by atoms with E-state index < -0.39 is 17.4 Å². The molecule has 0 unspecified atom stereocenters. The van der Waals surface area contributed by atoms with Gasteiger partial charge in [0.2, 0.25) is 0 Å². The van der Waals surface area contributed by atoms with Crippen molar-refractivity contribution in [1.82, 2.24) is 0 Å². The Labute approximate surface area is 74.7 Å². The molecule has 0 fully saturated rings. The fourth-order valence-electron chi connectivity index (χ4n) is 0.774. The third-order valence-electron chi connectivity index (χ3n) is 1.22. The summed E-state index contributed by atoms with van der Waals surface area (Å²) in [6.45, 7) is 0. The Kier molecular flexibility index (Phi) is 3.76. The van der Waals surface area contributed by atoms with Crippen molar-refractivity contribution in [1.29, 1.82) is 0 Å². The summed E-state index contributed by atoms with van der Waals surface area (Å²) in [5, 5.41) is 0. The van der Waals surface area contributed by atoms with Gasteiger partial charge in [-0.3, -0.25) is 0 Å². The van der Waals surface area contributed by atoms with Crippen LogP contribution in [0.4, 0.5) is 14.5 Å². The van der Waals surface area contributed by atoms with Crippen molar-refractivity contribution in [3.8, 4) is 5.75 Å². The van der Waals surface area contributed by atoms with Crippen molar-refractivity contribution in [2.45, 2.75) is 0 Å². The van der Waals surface area contributed by atoms with Crippen molar-refractivity contribution in [3.05, 3.63) is 23.8 Å². The van der Waals surface area contributed by atoms with Crippen LogP contribution >= 0.6 is 12.4 Å². The van der Waals surface area contributed by atoms with E-state index in [1.54, 1.807) is 0 Å². The van der Waals surface area contributed by atoms with E-state index in [1.807, 2.05) is 0 Å². The Bertz CT molecular complexity index is 257. The van der Waals surface area contributed by atoms with E-state index in [0.29, 0.717) is 0 Å². The first-order valence-corrected chi connectivity index (χ1v) is 2.93. The van der Waals surface area contributed by atoms with Gasteiger partial charge in [0.05, 0.1) is 7.11 Å². The number of benzene rings is 1. The van der Waals surface area contributed by atoms with Crippen LogP contribution in [0.25, 0.3) is 0 Å². The zero-order chi connectivity index (χ0) is 8.43. The normalized spacial score (nSPS) is 8.92. The minimum atomic E-state index is -0.787. The van der Waals surface area contributed by atoms with Crippen LogP contribution in [0.2, 0.25) is 0 Å². The molecule has 0 heterocycles. The van der Waals surface area contributed by atoms with Gasteiger partial charge in [0.25, 0.3) is 0 Å². The lowest BCUT2D eigenvalue weighted by Crippen LogP contribution is -1.95. The van der Waals surface area contributed by atoms with Gasteiger partial charge in [-0.15, -0.1) is 12.4 Å². The highest BCUT2D eigenvalue weighted by molar-refractivity contribution is 5.85. The summed E-state index contributed by atoms with van der Waals surface area (Å²) in [7, 11) is 1.19. The average molecular weight is 196 g/mol. The summed E-state index contributed by atoms with van der Waals surface area (Å²) >= 11 is 0. The molecule has 0 saturated heterocycles. The number of anilines is 1. The van der Waals surface area contributed by atoms with Gasteiger partial charge in [-0.05, 0) is 0 Å². The number of nitrogens with two attached hydrogens (primary N) is 1. The van der Waals surface area contributed by atoms with Crippen LogP contribution in [0, 0.1) is 11.6 Å². The molecule has 68 valence electrons. The Morgan fingerprint density at radius 1 is 1.25 bits per heavy atom. The van der Waals surface area contributed by atoms with E-state index in [-0.39, 0.29) is 18.1 Å². The summed E-state index contributed by atoms with van der Waals surface area (Å²) in [5.41, 5.74) is 5.19. The number of halogens is 3. The van der Waals surface area contributed by atoms with Gasteiger partial charge in [0, 0.05) is 17.8 Å². The molecular weight excluding hydrogens is 188 g/mol. The topological polar surface area (TPSA) is 35.2 Å². The fourth-order valence-corrected chi connectivity index (χ4v) is 0.774. The maximum absolute atomic E-state index is 12.7. The van der Waals surface area contributed by atoms with E-state index in [2.05, 4.69) is 4.74 Å². The summed E-state index contributed by atoms with van der Waals surface area (Å²) < 4.78 is 29.8. The molecule has 0 amide bonds.